The zero-order valence-corrected chi connectivity index (χ0v) is 10.3. The third-order valence-electron chi connectivity index (χ3n) is 3.30. The van der Waals surface area contributed by atoms with Gasteiger partial charge in [-0.1, -0.05) is 0 Å². The fourth-order valence-electron chi connectivity index (χ4n) is 2.08. The molecule has 1 aliphatic rings. The van der Waals surface area contributed by atoms with Gasteiger partial charge in [0.05, 0.1) is 5.60 Å². The van der Waals surface area contributed by atoms with Crippen molar-refractivity contribution in [1.82, 2.24) is 19.8 Å². The standard InChI is InChI=1S/C11H15N5O3/c17-10-14-13-9-2-1-8(15-16(9)10)12-7-11(18)3-5-19-6-4-11/h1-2,18H,3-7H2,(H,12,15)(H,14,17). The highest BCUT2D eigenvalue weighted by atomic mass is 16.5. The zero-order valence-electron chi connectivity index (χ0n) is 10.3. The van der Waals surface area contributed by atoms with Crippen molar-refractivity contribution in [1.29, 1.82) is 0 Å². The molecular formula is C11H15N5O3. The van der Waals surface area contributed by atoms with E-state index in [1.807, 2.05) is 0 Å². The van der Waals surface area contributed by atoms with E-state index < -0.39 is 5.60 Å². The van der Waals surface area contributed by atoms with Crippen molar-refractivity contribution in [3.05, 3.63) is 22.6 Å². The number of aromatic amines is 1. The molecule has 0 amide bonds. The Morgan fingerprint density at radius 3 is 3.05 bits per heavy atom. The van der Waals surface area contributed by atoms with E-state index in [4.69, 9.17) is 4.74 Å². The molecule has 0 aliphatic carbocycles. The number of H-pyrrole nitrogens is 1. The smallest absolute Gasteiger partial charge is 0.364 e. The first-order chi connectivity index (χ1) is 9.16. The molecule has 1 saturated heterocycles. The SMILES string of the molecule is O=c1[nH]nc2ccc(NCC3(O)CCOCC3)nn12. The molecule has 8 nitrogen and oxygen atoms in total. The van der Waals surface area contributed by atoms with E-state index >= 15 is 0 Å². The van der Waals surface area contributed by atoms with Gasteiger partial charge in [-0.2, -0.15) is 9.61 Å². The van der Waals surface area contributed by atoms with Crippen LogP contribution in [0.15, 0.2) is 16.9 Å². The van der Waals surface area contributed by atoms with Crippen LogP contribution in [0.1, 0.15) is 12.8 Å². The molecule has 0 saturated carbocycles. The Morgan fingerprint density at radius 2 is 2.26 bits per heavy atom. The lowest BCUT2D eigenvalue weighted by atomic mass is 9.94. The van der Waals surface area contributed by atoms with Crippen LogP contribution in [0.4, 0.5) is 5.82 Å². The normalized spacial score (nSPS) is 18.6. The quantitative estimate of drug-likeness (QED) is 0.682. The van der Waals surface area contributed by atoms with Crippen LogP contribution in [-0.4, -0.2) is 50.3 Å². The van der Waals surface area contributed by atoms with Crippen LogP contribution < -0.4 is 11.0 Å². The van der Waals surface area contributed by atoms with Gasteiger partial charge in [0.2, 0.25) is 0 Å². The number of aliphatic hydroxyl groups is 1. The molecule has 19 heavy (non-hydrogen) atoms. The van der Waals surface area contributed by atoms with Crippen molar-refractivity contribution in [3.63, 3.8) is 0 Å². The third-order valence-corrected chi connectivity index (χ3v) is 3.30. The predicted molar refractivity (Wildman–Crippen MR) is 67.1 cm³/mol. The summed E-state index contributed by atoms with van der Waals surface area (Å²) in [6.07, 6.45) is 1.18. The molecule has 0 atom stereocenters. The van der Waals surface area contributed by atoms with Gasteiger partial charge >= 0.3 is 5.69 Å². The largest absolute Gasteiger partial charge is 0.388 e. The highest BCUT2D eigenvalue weighted by Gasteiger charge is 2.29. The lowest BCUT2D eigenvalue weighted by Gasteiger charge is -2.32. The van der Waals surface area contributed by atoms with Gasteiger partial charge in [-0.3, -0.25) is 0 Å². The lowest BCUT2D eigenvalue weighted by molar-refractivity contribution is -0.0543. The summed E-state index contributed by atoms with van der Waals surface area (Å²) in [6.45, 7) is 1.50. The van der Waals surface area contributed by atoms with Crippen LogP contribution in [0.5, 0.6) is 0 Å². The first kappa shape index (κ1) is 12.1. The van der Waals surface area contributed by atoms with Crippen molar-refractivity contribution < 1.29 is 9.84 Å². The van der Waals surface area contributed by atoms with E-state index in [9.17, 15) is 9.90 Å². The topological polar surface area (TPSA) is 105 Å². The zero-order chi connectivity index (χ0) is 13.3. The number of hydrogen-bond donors (Lipinski definition) is 3. The molecule has 1 fully saturated rings. The molecule has 0 aromatic carbocycles. The average Bonchev–Trinajstić information content (AvgIpc) is 2.79. The molecule has 3 heterocycles. The highest BCUT2D eigenvalue weighted by molar-refractivity contribution is 5.43. The van der Waals surface area contributed by atoms with E-state index in [0.717, 1.165) is 0 Å². The number of ether oxygens (including phenoxy) is 1. The summed E-state index contributed by atoms with van der Waals surface area (Å²) in [7, 11) is 0. The van der Waals surface area contributed by atoms with E-state index in [-0.39, 0.29) is 5.69 Å². The van der Waals surface area contributed by atoms with Gasteiger partial charge in [0.15, 0.2) is 5.65 Å². The molecule has 0 unspecified atom stereocenters. The number of nitrogens with zero attached hydrogens (tertiary/aromatic N) is 3. The molecule has 2 aromatic rings. The van der Waals surface area contributed by atoms with Gasteiger partial charge < -0.3 is 15.2 Å². The van der Waals surface area contributed by atoms with Gasteiger partial charge in [0.25, 0.3) is 0 Å². The lowest BCUT2D eigenvalue weighted by Crippen LogP contribution is -2.42. The molecule has 0 radical (unpaired) electrons. The highest BCUT2D eigenvalue weighted by Crippen LogP contribution is 2.20. The number of hydrogen-bond acceptors (Lipinski definition) is 6. The van der Waals surface area contributed by atoms with Crippen molar-refractivity contribution >= 4 is 11.5 Å². The summed E-state index contributed by atoms with van der Waals surface area (Å²) in [5.41, 5.74) is -0.709. The summed E-state index contributed by atoms with van der Waals surface area (Å²) in [5.74, 6) is 0.524. The molecule has 8 heteroatoms. The summed E-state index contributed by atoms with van der Waals surface area (Å²) in [4.78, 5) is 11.4. The van der Waals surface area contributed by atoms with Gasteiger partial charge in [-0.05, 0) is 12.1 Å². The van der Waals surface area contributed by atoms with Gasteiger partial charge in [0, 0.05) is 32.6 Å². The minimum atomic E-state index is -0.782. The molecule has 1 aliphatic heterocycles. The minimum absolute atomic E-state index is 0.376. The molecule has 0 spiro atoms. The summed E-state index contributed by atoms with van der Waals surface area (Å²) < 4.78 is 6.40. The van der Waals surface area contributed by atoms with Gasteiger partial charge in [-0.15, -0.1) is 5.10 Å². The van der Waals surface area contributed by atoms with Crippen molar-refractivity contribution in [3.8, 4) is 0 Å². The van der Waals surface area contributed by atoms with Crippen LogP contribution in [0.3, 0.4) is 0 Å². The van der Waals surface area contributed by atoms with Gasteiger partial charge in [-0.25, -0.2) is 9.89 Å². The third kappa shape index (κ3) is 2.45. The van der Waals surface area contributed by atoms with Gasteiger partial charge in [0.1, 0.15) is 5.82 Å². The van der Waals surface area contributed by atoms with E-state index in [1.54, 1.807) is 12.1 Å². The van der Waals surface area contributed by atoms with E-state index in [0.29, 0.717) is 44.1 Å². The Kier molecular flexibility index (Phi) is 2.96. The molecule has 102 valence electrons. The Morgan fingerprint density at radius 1 is 1.47 bits per heavy atom. The Bertz CT molecular complexity index is 629. The maximum absolute atomic E-state index is 11.4. The Labute approximate surface area is 108 Å². The summed E-state index contributed by atoms with van der Waals surface area (Å²) >= 11 is 0. The molecule has 2 aromatic heterocycles. The maximum atomic E-state index is 11.4. The van der Waals surface area contributed by atoms with Crippen molar-refractivity contribution in [2.45, 2.75) is 18.4 Å². The fraction of sp³-hybridized carbons (Fsp3) is 0.545. The first-order valence-corrected chi connectivity index (χ1v) is 6.15. The minimum Gasteiger partial charge on any atom is -0.388 e. The average molecular weight is 265 g/mol. The number of aromatic nitrogens is 4. The number of nitrogens with one attached hydrogen (secondary N) is 2. The summed E-state index contributed by atoms with van der Waals surface area (Å²) in [6, 6.07) is 3.40. The van der Waals surface area contributed by atoms with Crippen LogP contribution in [-0.2, 0) is 4.74 Å². The van der Waals surface area contributed by atoms with Crippen LogP contribution in [0.2, 0.25) is 0 Å². The second kappa shape index (κ2) is 4.63. The monoisotopic (exact) mass is 265 g/mol. The molecule has 3 rings (SSSR count). The van der Waals surface area contributed by atoms with Crippen LogP contribution in [0.25, 0.3) is 5.65 Å². The number of fused-ring (bicyclic) bond motifs is 1. The second-order valence-corrected chi connectivity index (χ2v) is 4.71. The second-order valence-electron chi connectivity index (χ2n) is 4.71. The van der Waals surface area contributed by atoms with Crippen LogP contribution in [0, 0.1) is 0 Å². The fourth-order valence-corrected chi connectivity index (χ4v) is 2.08. The predicted octanol–water partition coefficient (Wildman–Crippen LogP) is -0.629. The van der Waals surface area contributed by atoms with Crippen LogP contribution >= 0.6 is 0 Å². The molecule has 0 bridgehead atoms. The van der Waals surface area contributed by atoms with E-state index in [2.05, 4.69) is 20.6 Å². The molecule has 3 N–H and O–H groups in total. The van der Waals surface area contributed by atoms with Crippen molar-refractivity contribution in [2.75, 3.05) is 25.1 Å². The van der Waals surface area contributed by atoms with E-state index in [1.165, 1.54) is 4.52 Å². The van der Waals surface area contributed by atoms with Crippen molar-refractivity contribution in [2.24, 2.45) is 0 Å². The maximum Gasteiger partial charge on any atom is 0.364 e. The Balaban J connectivity index is 1.74. The Hall–Kier alpha value is -1.93. The molecular weight excluding hydrogens is 250 g/mol. The number of anilines is 1. The number of rotatable bonds is 3. The summed E-state index contributed by atoms with van der Waals surface area (Å²) in [5, 5.41) is 23.6. The first-order valence-electron chi connectivity index (χ1n) is 6.15.